The second-order valence-corrected chi connectivity index (χ2v) is 4.12. The number of carbonyl (C=O) groups excluding carboxylic acids is 1. The second-order valence-electron chi connectivity index (χ2n) is 4.12. The molecule has 0 atom stereocenters. The van der Waals surface area contributed by atoms with Gasteiger partial charge in [-0.05, 0) is 55.5 Å². The number of benzene rings is 2. The van der Waals surface area contributed by atoms with Crippen molar-refractivity contribution in [3.05, 3.63) is 54.3 Å². The minimum Gasteiger partial charge on any atom is -0.482 e. The Hall–Kier alpha value is -2.56. The van der Waals surface area contributed by atoms with Crippen molar-refractivity contribution >= 4 is 5.97 Å². The SMILES string of the molecule is CCOC(=O)COc1ccc(Oc2ccc(F)cc2)cc1. The Labute approximate surface area is 122 Å². The lowest BCUT2D eigenvalue weighted by Gasteiger charge is -2.08. The van der Waals surface area contributed by atoms with Crippen molar-refractivity contribution in [3.63, 3.8) is 0 Å². The summed E-state index contributed by atoms with van der Waals surface area (Å²) in [6.45, 7) is 1.93. The van der Waals surface area contributed by atoms with E-state index in [2.05, 4.69) is 0 Å². The third-order valence-corrected chi connectivity index (χ3v) is 2.54. The predicted molar refractivity (Wildman–Crippen MR) is 75.0 cm³/mol. The molecule has 0 spiro atoms. The summed E-state index contributed by atoms with van der Waals surface area (Å²) in [5.41, 5.74) is 0. The summed E-state index contributed by atoms with van der Waals surface area (Å²) in [6, 6.07) is 12.5. The van der Waals surface area contributed by atoms with Gasteiger partial charge in [-0.15, -0.1) is 0 Å². The molecule has 0 saturated carbocycles. The van der Waals surface area contributed by atoms with E-state index >= 15 is 0 Å². The van der Waals surface area contributed by atoms with Crippen LogP contribution < -0.4 is 9.47 Å². The molecule has 0 amide bonds. The molecule has 0 aromatic heterocycles. The van der Waals surface area contributed by atoms with Crippen LogP contribution in [0.25, 0.3) is 0 Å². The topological polar surface area (TPSA) is 44.8 Å². The van der Waals surface area contributed by atoms with E-state index in [4.69, 9.17) is 14.2 Å². The summed E-state index contributed by atoms with van der Waals surface area (Å²) in [7, 11) is 0. The Morgan fingerprint density at radius 3 is 2.05 bits per heavy atom. The molecule has 0 N–H and O–H groups in total. The number of rotatable bonds is 6. The summed E-state index contributed by atoms with van der Waals surface area (Å²) in [5, 5.41) is 0. The van der Waals surface area contributed by atoms with Crippen LogP contribution in [0.5, 0.6) is 17.2 Å². The van der Waals surface area contributed by atoms with E-state index < -0.39 is 5.97 Å². The summed E-state index contributed by atoms with van der Waals surface area (Å²) in [5.74, 6) is 0.936. The van der Waals surface area contributed by atoms with Crippen LogP contribution in [0.1, 0.15) is 6.92 Å². The highest BCUT2D eigenvalue weighted by Crippen LogP contribution is 2.23. The largest absolute Gasteiger partial charge is 0.482 e. The molecule has 4 nitrogen and oxygen atoms in total. The summed E-state index contributed by atoms with van der Waals surface area (Å²) in [4.78, 5) is 11.1. The maximum atomic E-state index is 12.8. The zero-order chi connectivity index (χ0) is 15.1. The second kappa shape index (κ2) is 7.28. The fraction of sp³-hybridized carbons (Fsp3) is 0.188. The van der Waals surface area contributed by atoms with Gasteiger partial charge in [0.05, 0.1) is 6.61 Å². The van der Waals surface area contributed by atoms with Gasteiger partial charge < -0.3 is 14.2 Å². The maximum absolute atomic E-state index is 12.8. The first-order chi connectivity index (χ1) is 10.2. The Balaban J connectivity index is 1.89. The highest BCUT2D eigenvalue weighted by Gasteiger charge is 2.03. The lowest BCUT2D eigenvalue weighted by Crippen LogP contribution is -2.14. The Bertz CT molecular complexity index is 578. The number of carbonyl (C=O) groups is 1. The van der Waals surface area contributed by atoms with Gasteiger partial charge in [0.1, 0.15) is 23.1 Å². The van der Waals surface area contributed by atoms with Crippen LogP contribution in [0.15, 0.2) is 48.5 Å². The number of esters is 1. The highest BCUT2D eigenvalue weighted by atomic mass is 19.1. The Morgan fingerprint density at radius 2 is 1.48 bits per heavy atom. The zero-order valence-electron chi connectivity index (χ0n) is 11.5. The molecular weight excluding hydrogens is 275 g/mol. The van der Waals surface area contributed by atoms with E-state index in [1.165, 1.54) is 12.1 Å². The van der Waals surface area contributed by atoms with Crippen LogP contribution in [0.2, 0.25) is 0 Å². The fourth-order valence-corrected chi connectivity index (χ4v) is 1.59. The average Bonchev–Trinajstić information content (AvgIpc) is 2.49. The molecule has 21 heavy (non-hydrogen) atoms. The molecule has 0 aliphatic heterocycles. The van der Waals surface area contributed by atoms with Gasteiger partial charge in [0.25, 0.3) is 0 Å². The van der Waals surface area contributed by atoms with Crippen molar-refractivity contribution < 1.29 is 23.4 Å². The molecule has 0 unspecified atom stereocenters. The zero-order valence-corrected chi connectivity index (χ0v) is 11.5. The van der Waals surface area contributed by atoms with Crippen molar-refractivity contribution in [2.45, 2.75) is 6.92 Å². The van der Waals surface area contributed by atoms with Gasteiger partial charge in [-0.1, -0.05) is 0 Å². The molecule has 5 heteroatoms. The quantitative estimate of drug-likeness (QED) is 0.763. The third-order valence-electron chi connectivity index (χ3n) is 2.54. The van der Waals surface area contributed by atoms with Crippen molar-refractivity contribution in [3.8, 4) is 17.2 Å². The van der Waals surface area contributed by atoms with E-state index in [9.17, 15) is 9.18 Å². The maximum Gasteiger partial charge on any atom is 0.344 e. The number of ether oxygens (including phenoxy) is 3. The molecule has 2 rings (SSSR count). The van der Waals surface area contributed by atoms with Crippen molar-refractivity contribution in [2.24, 2.45) is 0 Å². The molecule has 0 heterocycles. The molecular formula is C16H15FO4. The van der Waals surface area contributed by atoms with Crippen LogP contribution in [0, 0.1) is 5.82 Å². The first kappa shape index (κ1) is 14.8. The van der Waals surface area contributed by atoms with E-state index in [1.807, 2.05) is 0 Å². The van der Waals surface area contributed by atoms with Crippen molar-refractivity contribution in [2.75, 3.05) is 13.2 Å². The summed E-state index contributed by atoms with van der Waals surface area (Å²) in [6.07, 6.45) is 0. The lowest BCUT2D eigenvalue weighted by atomic mass is 10.3. The predicted octanol–water partition coefficient (Wildman–Crippen LogP) is 3.56. The Morgan fingerprint density at radius 1 is 0.952 bits per heavy atom. The smallest absolute Gasteiger partial charge is 0.344 e. The van der Waals surface area contributed by atoms with E-state index in [-0.39, 0.29) is 12.4 Å². The first-order valence-corrected chi connectivity index (χ1v) is 6.49. The molecule has 0 aliphatic carbocycles. The van der Waals surface area contributed by atoms with E-state index in [0.29, 0.717) is 23.9 Å². The van der Waals surface area contributed by atoms with Gasteiger partial charge in [-0.25, -0.2) is 9.18 Å². The van der Waals surface area contributed by atoms with Gasteiger partial charge in [0.2, 0.25) is 0 Å². The number of hydrogen-bond donors (Lipinski definition) is 0. The molecule has 0 saturated heterocycles. The standard InChI is InChI=1S/C16H15FO4/c1-2-19-16(18)11-20-13-7-9-15(10-8-13)21-14-5-3-12(17)4-6-14/h3-10H,2,11H2,1H3. The lowest BCUT2D eigenvalue weighted by molar-refractivity contribution is -0.145. The fourth-order valence-electron chi connectivity index (χ4n) is 1.59. The minimum absolute atomic E-state index is 0.133. The molecule has 2 aromatic rings. The molecule has 2 aromatic carbocycles. The minimum atomic E-state index is -0.413. The van der Waals surface area contributed by atoms with E-state index in [0.717, 1.165) is 0 Å². The summed E-state index contributed by atoms with van der Waals surface area (Å²) >= 11 is 0. The molecule has 110 valence electrons. The molecule has 0 aliphatic rings. The Kier molecular flexibility index (Phi) is 5.15. The summed E-state index contributed by atoms with van der Waals surface area (Å²) < 4.78 is 28.3. The molecule has 0 fully saturated rings. The van der Waals surface area contributed by atoms with Crippen LogP contribution in [0.3, 0.4) is 0 Å². The third kappa shape index (κ3) is 4.80. The van der Waals surface area contributed by atoms with Gasteiger partial charge in [-0.2, -0.15) is 0 Å². The highest BCUT2D eigenvalue weighted by molar-refractivity contribution is 5.71. The van der Waals surface area contributed by atoms with E-state index in [1.54, 1.807) is 43.3 Å². The van der Waals surface area contributed by atoms with Gasteiger partial charge in [0.15, 0.2) is 6.61 Å². The number of halogens is 1. The van der Waals surface area contributed by atoms with Crippen LogP contribution in [-0.2, 0) is 9.53 Å². The van der Waals surface area contributed by atoms with Crippen LogP contribution in [0.4, 0.5) is 4.39 Å². The molecule has 0 bridgehead atoms. The normalized spacial score (nSPS) is 10.0. The van der Waals surface area contributed by atoms with Gasteiger partial charge in [-0.3, -0.25) is 0 Å². The van der Waals surface area contributed by atoms with Gasteiger partial charge in [0, 0.05) is 0 Å². The molecule has 0 radical (unpaired) electrons. The van der Waals surface area contributed by atoms with Crippen molar-refractivity contribution in [1.82, 2.24) is 0 Å². The van der Waals surface area contributed by atoms with Crippen LogP contribution >= 0.6 is 0 Å². The van der Waals surface area contributed by atoms with Gasteiger partial charge >= 0.3 is 5.97 Å². The van der Waals surface area contributed by atoms with Crippen LogP contribution in [-0.4, -0.2) is 19.2 Å². The van der Waals surface area contributed by atoms with Crippen molar-refractivity contribution in [1.29, 1.82) is 0 Å². The number of hydrogen-bond acceptors (Lipinski definition) is 4. The average molecular weight is 290 g/mol. The first-order valence-electron chi connectivity index (χ1n) is 6.49. The monoisotopic (exact) mass is 290 g/mol.